The molecule has 106 valence electrons. The van der Waals surface area contributed by atoms with Gasteiger partial charge in [0.2, 0.25) is 5.91 Å². The summed E-state index contributed by atoms with van der Waals surface area (Å²) in [6.07, 6.45) is 3.46. The zero-order valence-corrected chi connectivity index (χ0v) is 11.3. The van der Waals surface area contributed by atoms with Gasteiger partial charge in [0.1, 0.15) is 0 Å². The third kappa shape index (κ3) is 4.36. The Labute approximate surface area is 111 Å². The van der Waals surface area contributed by atoms with Crippen molar-refractivity contribution >= 4 is 11.9 Å². The lowest BCUT2D eigenvalue weighted by Gasteiger charge is -2.18. The summed E-state index contributed by atoms with van der Waals surface area (Å²) in [5, 5.41) is 15.5. The molecule has 1 heterocycles. The molecule has 0 fully saturated rings. The summed E-state index contributed by atoms with van der Waals surface area (Å²) in [7, 11) is 1.68. The molecule has 0 aliphatic carbocycles. The fourth-order valence-corrected chi connectivity index (χ4v) is 1.74. The van der Waals surface area contributed by atoms with Crippen LogP contribution in [0.2, 0.25) is 0 Å². The largest absolute Gasteiger partial charge is 0.479 e. The van der Waals surface area contributed by atoms with Gasteiger partial charge in [-0.3, -0.25) is 9.48 Å². The molecule has 1 rings (SSSR count). The summed E-state index contributed by atoms with van der Waals surface area (Å²) < 4.78 is 1.48. The van der Waals surface area contributed by atoms with Gasteiger partial charge in [-0.2, -0.15) is 5.10 Å². The van der Waals surface area contributed by atoms with Gasteiger partial charge in [-0.05, 0) is 12.3 Å². The van der Waals surface area contributed by atoms with Crippen LogP contribution in [0.3, 0.4) is 0 Å². The topological polar surface area (TPSA) is 110 Å². The van der Waals surface area contributed by atoms with Gasteiger partial charge in [0.15, 0.2) is 6.04 Å². The van der Waals surface area contributed by atoms with E-state index >= 15 is 0 Å². The van der Waals surface area contributed by atoms with E-state index < -0.39 is 24.0 Å². The molecule has 1 aromatic rings. The number of carbonyl (C=O) groups is 2. The molecule has 0 bridgehead atoms. The second kappa shape index (κ2) is 6.33. The predicted molar refractivity (Wildman–Crippen MR) is 69.2 cm³/mol. The van der Waals surface area contributed by atoms with Gasteiger partial charge < -0.3 is 16.2 Å². The number of hydrogen-bond donors (Lipinski definition) is 3. The summed E-state index contributed by atoms with van der Waals surface area (Å²) in [5.74, 6) is -1.34. The van der Waals surface area contributed by atoms with Gasteiger partial charge >= 0.3 is 5.97 Å². The number of carboxylic acid groups (broad SMARTS) is 1. The minimum absolute atomic E-state index is 0.266. The van der Waals surface area contributed by atoms with E-state index in [0.29, 0.717) is 12.0 Å². The summed E-state index contributed by atoms with van der Waals surface area (Å²) in [6.45, 7) is 3.89. The van der Waals surface area contributed by atoms with Crippen molar-refractivity contribution in [1.29, 1.82) is 0 Å². The highest BCUT2D eigenvalue weighted by molar-refractivity contribution is 5.87. The molecule has 0 aliphatic rings. The highest BCUT2D eigenvalue weighted by atomic mass is 16.4. The van der Waals surface area contributed by atoms with E-state index in [1.165, 1.54) is 10.9 Å². The third-order valence-electron chi connectivity index (χ3n) is 2.65. The molecule has 1 unspecified atom stereocenters. The first-order valence-corrected chi connectivity index (χ1v) is 6.08. The lowest BCUT2D eigenvalue weighted by Crippen LogP contribution is -2.44. The van der Waals surface area contributed by atoms with Crippen molar-refractivity contribution < 1.29 is 14.7 Å². The van der Waals surface area contributed by atoms with Crippen LogP contribution in [0, 0.1) is 5.92 Å². The zero-order chi connectivity index (χ0) is 14.6. The van der Waals surface area contributed by atoms with Crippen molar-refractivity contribution in [1.82, 2.24) is 15.1 Å². The number of aryl methyl sites for hydroxylation is 1. The normalized spacial score (nSPS) is 14.2. The van der Waals surface area contributed by atoms with E-state index in [4.69, 9.17) is 10.8 Å². The van der Waals surface area contributed by atoms with Crippen LogP contribution in [-0.4, -0.2) is 32.8 Å². The molecule has 1 aromatic heterocycles. The van der Waals surface area contributed by atoms with Crippen LogP contribution in [0.1, 0.15) is 31.9 Å². The van der Waals surface area contributed by atoms with Crippen LogP contribution in [0.5, 0.6) is 0 Å². The Morgan fingerprint density at radius 1 is 1.53 bits per heavy atom. The first-order chi connectivity index (χ1) is 8.81. The van der Waals surface area contributed by atoms with Gasteiger partial charge in [0, 0.05) is 18.8 Å². The quantitative estimate of drug-likeness (QED) is 0.674. The zero-order valence-electron chi connectivity index (χ0n) is 11.3. The average Bonchev–Trinajstić information content (AvgIpc) is 2.70. The minimum Gasteiger partial charge on any atom is -0.479 e. The van der Waals surface area contributed by atoms with Gasteiger partial charge in [-0.25, -0.2) is 4.79 Å². The van der Waals surface area contributed by atoms with Gasteiger partial charge in [0.25, 0.3) is 0 Å². The monoisotopic (exact) mass is 268 g/mol. The van der Waals surface area contributed by atoms with E-state index in [2.05, 4.69) is 10.4 Å². The van der Waals surface area contributed by atoms with Crippen molar-refractivity contribution in [2.75, 3.05) is 0 Å². The maximum atomic E-state index is 11.8. The number of nitrogens with zero attached hydrogens (tertiary/aromatic N) is 2. The summed E-state index contributed by atoms with van der Waals surface area (Å²) in [6, 6.07) is -1.84. The number of nitrogens with two attached hydrogens (primary N) is 1. The summed E-state index contributed by atoms with van der Waals surface area (Å²) in [5.41, 5.74) is 6.14. The molecule has 4 N–H and O–H groups in total. The molecule has 0 radical (unpaired) electrons. The lowest BCUT2D eigenvalue weighted by molar-refractivity contribution is -0.142. The number of amides is 1. The fraction of sp³-hybridized carbons (Fsp3) is 0.583. The molecule has 0 spiro atoms. The number of aromatic nitrogens is 2. The Morgan fingerprint density at radius 2 is 2.16 bits per heavy atom. The molecule has 0 aromatic carbocycles. The highest BCUT2D eigenvalue weighted by Crippen LogP contribution is 2.13. The number of hydrogen-bond acceptors (Lipinski definition) is 4. The summed E-state index contributed by atoms with van der Waals surface area (Å²) in [4.78, 5) is 23.0. The number of rotatable bonds is 6. The van der Waals surface area contributed by atoms with Crippen molar-refractivity contribution in [3.05, 3.63) is 18.0 Å². The van der Waals surface area contributed by atoms with Crippen LogP contribution in [0.25, 0.3) is 0 Å². The Balaban J connectivity index is 2.75. The average molecular weight is 268 g/mol. The predicted octanol–water partition coefficient (Wildman–Crippen LogP) is 0.0354. The van der Waals surface area contributed by atoms with Crippen LogP contribution in [-0.2, 0) is 16.6 Å². The Kier molecular flexibility index (Phi) is 5.05. The molecule has 0 aliphatic heterocycles. The summed E-state index contributed by atoms with van der Waals surface area (Å²) >= 11 is 0. The first-order valence-electron chi connectivity index (χ1n) is 6.08. The maximum Gasteiger partial charge on any atom is 0.331 e. The second-order valence-electron chi connectivity index (χ2n) is 4.96. The van der Waals surface area contributed by atoms with E-state index in [1.54, 1.807) is 13.2 Å². The third-order valence-corrected chi connectivity index (χ3v) is 2.65. The molecule has 7 heteroatoms. The van der Waals surface area contributed by atoms with E-state index in [0.717, 1.165) is 0 Å². The Hall–Kier alpha value is -1.89. The molecule has 0 saturated carbocycles. The Bertz CT molecular complexity index is 456. The number of carbonyl (C=O) groups excluding carboxylic acids is 1. The first kappa shape index (κ1) is 15.2. The fourth-order valence-electron chi connectivity index (χ4n) is 1.74. The lowest BCUT2D eigenvalue weighted by atomic mass is 10.0. The highest BCUT2D eigenvalue weighted by Gasteiger charge is 2.26. The van der Waals surface area contributed by atoms with Crippen molar-refractivity contribution in [2.24, 2.45) is 18.7 Å². The molecule has 2 atom stereocenters. The van der Waals surface area contributed by atoms with E-state index in [9.17, 15) is 9.59 Å². The van der Waals surface area contributed by atoms with Gasteiger partial charge in [-0.1, -0.05) is 13.8 Å². The van der Waals surface area contributed by atoms with Crippen molar-refractivity contribution in [3.63, 3.8) is 0 Å². The molecule has 19 heavy (non-hydrogen) atoms. The van der Waals surface area contributed by atoms with Crippen LogP contribution < -0.4 is 11.1 Å². The van der Waals surface area contributed by atoms with Gasteiger partial charge in [-0.15, -0.1) is 0 Å². The van der Waals surface area contributed by atoms with Crippen LogP contribution in [0.15, 0.2) is 12.4 Å². The number of aliphatic carboxylic acids is 1. The number of carboxylic acids is 1. The SMILES string of the molecule is CC(C)C[C@H](N)C(=O)NC(C(=O)O)c1cnn(C)c1. The molecule has 0 saturated heterocycles. The number of nitrogens with one attached hydrogen (secondary N) is 1. The molecular weight excluding hydrogens is 248 g/mol. The molecule has 7 nitrogen and oxygen atoms in total. The standard InChI is InChI=1S/C12H20N4O3/c1-7(2)4-9(13)11(17)15-10(12(18)19)8-5-14-16(3)6-8/h5-7,9-10H,4,13H2,1-3H3,(H,15,17)(H,18,19)/t9-,10?/m0/s1. The smallest absolute Gasteiger partial charge is 0.331 e. The maximum absolute atomic E-state index is 11.8. The molecular formula is C12H20N4O3. The minimum atomic E-state index is -1.14. The Morgan fingerprint density at radius 3 is 2.58 bits per heavy atom. The van der Waals surface area contributed by atoms with E-state index in [1.807, 2.05) is 13.8 Å². The van der Waals surface area contributed by atoms with Crippen LogP contribution in [0.4, 0.5) is 0 Å². The van der Waals surface area contributed by atoms with Crippen LogP contribution >= 0.6 is 0 Å². The van der Waals surface area contributed by atoms with Crippen molar-refractivity contribution in [3.8, 4) is 0 Å². The second-order valence-corrected chi connectivity index (χ2v) is 4.96. The van der Waals surface area contributed by atoms with Crippen molar-refractivity contribution in [2.45, 2.75) is 32.4 Å². The van der Waals surface area contributed by atoms with Gasteiger partial charge in [0.05, 0.1) is 12.2 Å². The van der Waals surface area contributed by atoms with E-state index in [-0.39, 0.29) is 5.92 Å². The molecule has 1 amide bonds.